The van der Waals surface area contributed by atoms with Crippen LogP contribution in [0.1, 0.15) is 73.5 Å². The van der Waals surface area contributed by atoms with Gasteiger partial charge in [-0.25, -0.2) is 14.0 Å². The van der Waals surface area contributed by atoms with Crippen molar-refractivity contribution < 1.29 is 33.4 Å². The van der Waals surface area contributed by atoms with Crippen molar-refractivity contribution in [2.24, 2.45) is 11.7 Å². The smallest absolute Gasteiger partial charge is 0.411 e. The van der Waals surface area contributed by atoms with Crippen LogP contribution in [0.4, 0.5) is 14.0 Å². The summed E-state index contributed by atoms with van der Waals surface area (Å²) in [6, 6.07) is 19.3. The molecule has 49 heavy (non-hydrogen) atoms. The summed E-state index contributed by atoms with van der Waals surface area (Å²) in [6.07, 6.45) is 0.781. The van der Waals surface area contributed by atoms with E-state index in [-0.39, 0.29) is 38.6 Å². The van der Waals surface area contributed by atoms with Crippen molar-refractivity contribution in [1.82, 2.24) is 15.1 Å². The number of nitrogens with zero attached hydrogens (tertiary/aromatic N) is 2. The molecule has 11 heteroatoms. The van der Waals surface area contributed by atoms with Crippen molar-refractivity contribution in [2.75, 3.05) is 33.4 Å². The Morgan fingerprint density at radius 2 is 1.80 bits per heavy atom. The molecule has 1 saturated heterocycles. The van der Waals surface area contributed by atoms with Gasteiger partial charge in [-0.2, -0.15) is 0 Å². The molecule has 4 rings (SSSR count). The minimum atomic E-state index is -1.52. The van der Waals surface area contributed by atoms with Crippen LogP contribution in [0.2, 0.25) is 0 Å². The van der Waals surface area contributed by atoms with E-state index >= 15 is 4.39 Å². The number of carbonyl (C=O) groups is 3. The van der Waals surface area contributed by atoms with Gasteiger partial charge in [-0.3, -0.25) is 9.69 Å². The zero-order valence-corrected chi connectivity index (χ0v) is 29.1. The summed E-state index contributed by atoms with van der Waals surface area (Å²) < 4.78 is 25.8. The number of halogens is 1. The van der Waals surface area contributed by atoms with Gasteiger partial charge in [0.25, 0.3) is 5.91 Å². The van der Waals surface area contributed by atoms with Crippen molar-refractivity contribution in [3.05, 3.63) is 94.8 Å². The third-order valence-electron chi connectivity index (χ3n) is 8.81. The number of amides is 3. The van der Waals surface area contributed by atoms with Gasteiger partial charge >= 0.3 is 12.2 Å². The van der Waals surface area contributed by atoms with E-state index in [0.29, 0.717) is 48.1 Å². The molecule has 3 aromatic carbocycles. The topological polar surface area (TPSA) is 134 Å². The molecular weight excluding hydrogens is 627 g/mol. The van der Waals surface area contributed by atoms with E-state index in [2.05, 4.69) is 5.32 Å². The monoisotopic (exact) mass is 676 g/mol. The average molecular weight is 677 g/mol. The summed E-state index contributed by atoms with van der Waals surface area (Å²) in [6.45, 7) is 8.50. The number of nitrogens with one attached hydrogen (secondary N) is 1. The Morgan fingerprint density at radius 1 is 1.08 bits per heavy atom. The number of benzene rings is 3. The number of hydrogen-bond donors (Lipinski definition) is 3. The maximum absolute atomic E-state index is 15.7. The lowest BCUT2D eigenvalue weighted by atomic mass is 9.72. The quantitative estimate of drug-likeness (QED) is 0.160. The van der Waals surface area contributed by atoms with E-state index < -0.39 is 35.1 Å². The van der Waals surface area contributed by atoms with Gasteiger partial charge < -0.3 is 30.5 Å². The summed E-state index contributed by atoms with van der Waals surface area (Å²) in [5.74, 6) is -1.05. The average Bonchev–Trinajstić information content (AvgIpc) is 3.07. The van der Waals surface area contributed by atoms with Crippen LogP contribution in [-0.4, -0.2) is 72.0 Å². The van der Waals surface area contributed by atoms with Crippen molar-refractivity contribution in [3.8, 4) is 11.1 Å². The molecule has 0 bridgehead atoms. The summed E-state index contributed by atoms with van der Waals surface area (Å²) >= 11 is 0. The lowest BCUT2D eigenvalue weighted by Gasteiger charge is -2.43. The summed E-state index contributed by atoms with van der Waals surface area (Å²) in [5, 5.41) is 15.4. The molecule has 1 aliphatic rings. The van der Waals surface area contributed by atoms with Crippen LogP contribution in [0.25, 0.3) is 11.1 Å². The van der Waals surface area contributed by atoms with E-state index in [1.807, 2.05) is 31.2 Å². The number of aliphatic hydroxyl groups is 1. The van der Waals surface area contributed by atoms with Crippen molar-refractivity contribution >= 4 is 18.1 Å². The van der Waals surface area contributed by atoms with E-state index in [1.54, 1.807) is 62.1 Å². The molecule has 1 unspecified atom stereocenters. The molecule has 0 aliphatic carbocycles. The fourth-order valence-corrected chi connectivity index (χ4v) is 6.40. The fourth-order valence-electron chi connectivity index (χ4n) is 6.40. The molecule has 1 aliphatic heterocycles. The van der Waals surface area contributed by atoms with E-state index in [4.69, 9.17) is 15.2 Å². The van der Waals surface area contributed by atoms with Crippen molar-refractivity contribution in [2.45, 2.75) is 71.1 Å². The number of rotatable bonds is 11. The van der Waals surface area contributed by atoms with Crippen LogP contribution in [0.5, 0.6) is 0 Å². The number of piperidine rings is 1. The third-order valence-corrected chi connectivity index (χ3v) is 8.81. The summed E-state index contributed by atoms with van der Waals surface area (Å²) in [4.78, 5) is 41.2. The van der Waals surface area contributed by atoms with Gasteiger partial charge in [-0.15, -0.1) is 0 Å². The highest BCUT2D eigenvalue weighted by molar-refractivity contribution is 5.94. The highest BCUT2D eigenvalue weighted by Crippen LogP contribution is 2.44. The first kappa shape index (κ1) is 37.3. The molecule has 0 aromatic heterocycles. The molecular formula is C38H49FN4O6. The standard InChI is InChI=1S/C38H49FN4O6/c1-26-10-6-11-29(22-26)33-31(13-7-14-32(33)39)38(47,19-9-20-41-35(45)48-5)30-12-8-21-42(24-30)34(44)28-17-15-27(16-18-28)23-43(25-40)36(46)49-37(2,3)4/h6-7,10-11,13-18,22,30,47H,8-9,12,19-21,23-25,40H2,1-5H3,(H,41,45)/t30-,38?/m1/s1. The number of ether oxygens (including phenoxy) is 2. The Labute approximate surface area is 288 Å². The normalized spacial score (nSPS) is 16.0. The Hall–Kier alpha value is -4.48. The fraction of sp³-hybridized carbons (Fsp3) is 0.447. The van der Waals surface area contributed by atoms with E-state index in [9.17, 15) is 19.5 Å². The maximum Gasteiger partial charge on any atom is 0.411 e. The highest BCUT2D eigenvalue weighted by atomic mass is 19.1. The maximum atomic E-state index is 15.7. The number of nitrogens with two attached hydrogens (primary N) is 1. The summed E-state index contributed by atoms with van der Waals surface area (Å²) in [5.41, 5.74) is 7.29. The van der Waals surface area contributed by atoms with Crippen molar-refractivity contribution in [1.29, 1.82) is 0 Å². The number of likely N-dealkylation sites (tertiary alicyclic amines) is 1. The second kappa shape index (κ2) is 16.3. The first-order chi connectivity index (χ1) is 23.3. The molecule has 264 valence electrons. The SMILES string of the molecule is COC(=O)NCCCC(O)(c1cccc(F)c1-c1cccc(C)c1)[C@@H]1CCCN(C(=O)c2ccc(CN(CN)C(=O)OC(C)(C)C)cc2)C1. The first-order valence-electron chi connectivity index (χ1n) is 16.7. The second-order valence-corrected chi connectivity index (χ2v) is 13.6. The molecule has 1 fully saturated rings. The zero-order valence-electron chi connectivity index (χ0n) is 29.1. The van der Waals surface area contributed by atoms with Crippen LogP contribution in [0, 0.1) is 18.7 Å². The third kappa shape index (κ3) is 9.57. The summed E-state index contributed by atoms with van der Waals surface area (Å²) in [7, 11) is 1.28. The largest absolute Gasteiger partial charge is 0.453 e. The van der Waals surface area contributed by atoms with E-state index in [1.165, 1.54) is 18.1 Å². The molecule has 0 radical (unpaired) electrons. The lowest BCUT2D eigenvalue weighted by molar-refractivity contribution is -0.0564. The zero-order chi connectivity index (χ0) is 35.8. The van der Waals surface area contributed by atoms with Gasteiger partial charge in [0.05, 0.1) is 25.9 Å². The molecule has 3 aromatic rings. The molecule has 4 N–H and O–H groups in total. The Balaban J connectivity index is 1.59. The number of hydrogen-bond acceptors (Lipinski definition) is 7. The van der Waals surface area contributed by atoms with E-state index in [0.717, 1.165) is 11.1 Å². The van der Waals surface area contributed by atoms with Crippen LogP contribution in [0.15, 0.2) is 66.7 Å². The minimum absolute atomic E-state index is 0.0245. The molecule has 1 heterocycles. The van der Waals surface area contributed by atoms with Crippen LogP contribution in [0.3, 0.4) is 0 Å². The van der Waals surface area contributed by atoms with Gasteiger partial charge in [0.2, 0.25) is 0 Å². The predicted octanol–water partition coefficient (Wildman–Crippen LogP) is 6.33. The van der Waals surface area contributed by atoms with Crippen LogP contribution >= 0.6 is 0 Å². The predicted molar refractivity (Wildman–Crippen MR) is 186 cm³/mol. The number of alkyl carbamates (subject to hydrolysis) is 1. The van der Waals surface area contributed by atoms with Gasteiger partial charge in [-0.1, -0.05) is 54.1 Å². The van der Waals surface area contributed by atoms with Gasteiger partial charge in [0, 0.05) is 36.7 Å². The van der Waals surface area contributed by atoms with Gasteiger partial charge in [0.15, 0.2) is 0 Å². The lowest BCUT2D eigenvalue weighted by Crippen LogP contribution is -2.48. The van der Waals surface area contributed by atoms with Crippen molar-refractivity contribution in [3.63, 3.8) is 0 Å². The van der Waals surface area contributed by atoms with Gasteiger partial charge in [-0.05, 0) is 88.3 Å². The molecule has 2 atom stereocenters. The Bertz CT molecular complexity index is 1610. The number of carbonyl (C=O) groups excluding carboxylic acids is 3. The van der Waals surface area contributed by atoms with Crippen LogP contribution < -0.4 is 11.1 Å². The molecule has 0 spiro atoms. The minimum Gasteiger partial charge on any atom is -0.453 e. The first-order valence-corrected chi connectivity index (χ1v) is 16.7. The highest BCUT2D eigenvalue weighted by Gasteiger charge is 2.43. The Morgan fingerprint density at radius 3 is 2.45 bits per heavy atom. The Kier molecular flexibility index (Phi) is 12.4. The number of aryl methyl sites for hydroxylation is 1. The second-order valence-electron chi connectivity index (χ2n) is 13.6. The molecule has 3 amide bonds. The number of methoxy groups -OCH3 is 1. The van der Waals surface area contributed by atoms with Gasteiger partial charge in [0.1, 0.15) is 11.4 Å². The molecule has 10 nitrogen and oxygen atoms in total. The molecule has 0 saturated carbocycles. The van der Waals surface area contributed by atoms with Crippen LogP contribution in [-0.2, 0) is 21.6 Å².